The van der Waals surface area contributed by atoms with Crippen molar-refractivity contribution in [3.63, 3.8) is 0 Å². The van der Waals surface area contributed by atoms with Crippen LogP contribution in [0.25, 0.3) is 11.3 Å². The maximum Gasteiger partial charge on any atom is 0.273 e. The van der Waals surface area contributed by atoms with Gasteiger partial charge in [0.25, 0.3) is 5.91 Å². The molecule has 214 valence electrons. The lowest BCUT2D eigenvalue weighted by molar-refractivity contribution is 0.0745. The Morgan fingerprint density at radius 3 is 2.17 bits per heavy atom. The van der Waals surface area contributed by atoms with Crippen molar-refractivity contribution < 1.29 is 33.6 Å². The number of carbonyl (C=O) groups is 1. The van der Waals surface area contributed by atoms with Crippen molar-refractivity contribution in [2.75, 3.05) is 42.1 Å². The van der Waals surface area contributed by atoms with Gasteiger partial charge in [-0.25, -0.2) is 0 Å². The van der Waals surface area contributed by atoms with E-state index >= 15 is 0 Å². The van der Waals surface area contributed by atoms with Crippen LogP contribution in [0.1, 0.15) is 38.8 Å². The minimum absolute atomic E-state index is 0.0739. The predicted octanol–water partition coefficient (Wildman–Crippen LogP) is 4.92. The zero-order valence-corrected chi connectivity index (χ0v) is 23.9. The van der Waals surface area contributed by atoms with Crippen molar-refractivity contribution in [1.29, 1.82) is 0 Å². The van der Waals surface area contributed by atoms with Crippen LogP contribution >= 0.6 is 0 Å². The molecule has 0 saturated heterocycles. The monoisotopic (exact) mass is 559 g/mol. The van der Waals surface area contributed by atoms with Crippen LogP contribution < -0.4 is 23.7 Å². The Balaban J connectivity index is 1.63. The third-order valence-electron chi connectivity index (χ3n) is 7.36. The van der Waals surface area contributed by atoms with Gasteiger partial charge in [-0.3, -0.25) is 9.89 Å². The first-order valence-electron chi connectivity index (χ1n) is 13.0. The summed E-state index contributed by atoms with van der Waals surface area (Å²) in [4.78, 5) is 15.7. The van der Waals surface area contributed by atoms with Crippen molar-refractivity contribution in [3.8, 4) is 45.8 Å². The third kappa shape index (κ3) is 4.86. The molecule has 1 aromatic heterocycles. The van der Waals surface area contributed by atoms with E-state index < -0.39 is 6.04 Å². The number of hydrogen-bond donors (Lipinski definition) is 2. The topological polar surface area (TPSA) is 115 Å². The number of rotatable bonds is 10. The number of aromatic hydroxyl groups is 1. The summed E-state index contributed by atoms with van der Waals surface area (Å²) in [5.41, 5.74) is 4.74. The van der Waals surface area contributed by atoms with Gasteiger partial charge in [0.1, 0.15) is 17.1 Å². The Morgan fingerprint density at radius 2 is 1.54 bits per heavy atom. The van der Waals surface area contributed by atoms with Crippen molar-refractivity contribution in [2.45, 2.75) is 19.4 Å². The highest BCUT2D eigenvalue weighted by atomic mass is 16.5. The number of amides is 1. The van der Waals surface area contributed by atoms with Crippen LogP contribution in [0.15, 0.2) is 48.5 Å². The molecule has 0 aliphatic carbocycles. The van der Waals surface area contributed by atoms with Gasteiger partial charge in [0.05, 0.1) is 41.6 Å². The lowest BCUT2D eigenvalue weighted by Gasteiger charge is -2.27. The summed E-state index contributed by atoms with van der Waals surface area (Å²) in [5.74, 6) is 2.49. The molecular formula is C31H33N3O7. The van der Waals surface area contributed by atoms with E-state index in [1.165, 1.54) is 0 Å². The van der Waals surface area contributed by atoms with Gasteiger partial charge in [-0.05, 0) is 60.9 Å². The van der Waals surface area contributed by atoms with Crippen molar-refractivity contribution in [2.24, 2.45) is 0 Å². The largest absolute Gasteiger partial charge is 0.507 e. The average Bonchev–Trinajstić information content (AvgIpc) is 3.54. The second-order valence-electron chi connectivity index (χ2n) is 9.68. The minimum atomic E-state index is -0.556. The van der Waals surface area contributed by atoms with Crippen LogP contribution in [0.2, 0.25) is 0 Å². The van der Waals surface area contributed by atoms with Crippen LogP contribution in [0.5, 0.6) is 34.5 Å². The Kier molecular flexibility index (Phi) is 7.65. The Morgan fingerprint density at radius 1 is 0.854 bits per heavy atom. The summed E-state index contributed by atoms with van der Waals surface area (Å²) in [6.45, 7) is 2.32. The van der Waals surface area contributed by atoms with Gasteiger partial charge in [0.2, 0.25) is 5.75 Å². The number of aryl methyl sites for hydroxylation is 1. The number of ether oxygens (including phenoxy) is 5. The number of fused-ring (bicyclic) bond motifs is 1. The van der Waals surface area contributed by atoms with E-state index in [1.54, 1.807) is 46.5 Å². The molecule has 1 atom stereocenters. The number of H-pyrrole nitrogens is 1. The van der Waals surface area contributed by atoms with Gasteiger partial charge >= 0.3 is 0 Å². The highest BCUT2D eigenvalue weighted by Crippen LogP contribution is 2.48. The quantitative estimate of drug-likeness (QED) is 0.281. The molecule has 0 spiro atoms. The number of hydrogen-bond acceptors (Lipinski definition) is 8. The molecule has 0 bridgehead atoms. The lowest BCUT2D eigenvalue weighted by Crippen LogP contribution is -2.31. The minimum Gasteiger partial charge on any atom is -0.507 e. The first kappa shape index (κ1) is 27.7. The number of benzene rings is 3. The highest BCUT2D eigenvalue weighted by Gasteiger charge is 2.43. The predicted molar refractivity (Wildman–Crippen MR) is 153 cm³/mol. The van der Waals surface area contributed by atoms with Crippen LogP contribution in [-0.2, 0) is 6.42 Å². The first-order valence-corrected chi connectivity index (χ1v) is 13.0. The fraction of sp³-hybridized carbons (Fsp3) is 0.290. The SMILES string of the molecule is COc1ccc(CCN2C(=O)c3[nH]nc(-c4cc(C)ccc4O)c3C2c2cc(OC)c(OC)c(OC)c2)cc1OC. The van der Waals surface area contributed by atoms with Gasteiger partial charge in [-0.1, -0.05) is 17.7 Å². The Hall–Kier alpha value is -4.86. The average molecular weight is 560 g/mol. The summed E-state index contributed by atoms with van der Waals surface area (Å²) < 4.78 is 27.7. The molecule has 1 aliphatic heterocycles. The Labute approximate surface area is 238 Å². The second-order valence-corrected chi connectivity index (χ2v) is 9.68. The molecule has 1 aliphatic rings. The zero-order chi connectivity index (χ0) is 29.3. The molecule has 2 N–H and O–H groups in total. The van der Waals surface area contributed by atoms with Crippen LogP contribution in [-0.4, -0.2) is 68.2 Å². The number of methoxy groups -OCH3 is 5. The fourth-order valence-electron chi connectivity index (χ4n) is 5.36. The number of phenols is 1. The van der Waals surface area contributed by atoms with E-state index in [4.69, 9.17) is 23.7 Å². The molecular weight excluding hydrogens is 526 g/mol. The van der Waals surface area contributed by atoms with Gasteiger partial charge in [0, 0.05) is 17.7 Å². The summed E-state index contributed by atoms with van der Waals surface area (Å²) in [5, 5.41) is 18.2. The fourth-order valence-corrected chi connectivity index (χ4v) is 5.36. The molecule has 0 radical (unpaired) electrons. The molecule has 41 heavy (non-hydrogen) atoms. The first-order chi connectivity index (χ1) is 19.8. The van der Waals surface area contributed by atoms with Crippen molar-refractivity contribution in [3.05, 3.63) is 76.5 Å². The van der Waals surface area contributed by atoms with Gasteiger partial charge in [-0.15, -0.1) is 0 Å². The van der Waals surface area contributed by atoms with Crippen LogP contribution in [0.3, 0.4) is 0 Å². The van der Waals surface area contributed by atoms with Crippen molar-refractivity contribution in [1.82, 2.24) is 15.1 Å². The molecule has 5 rings (SSSR count). The lowest BCUT2D eigenvalue weighted by atomic mass is 9.94. The molecule has 3 aromatic carbocycles. The standard InChI is InChI=1S/C31H33N3O7/c1-17-7-9-21(35)20(13-17)27-26-28(33-32-27)31(36)34(12-11-18-8-10-22(37-2)23(14-18)38-3)29(26)19-15-24(39-4)30(41-6)25(16-19)40-5/h7-10,13-16,29,35H,11-12H2,1-6H3,(H,32,33). The molecule has 10 nitrogen and oxygen atoms in total. The van der Waals surface area contributed by atoms with E-state index in [0.29, 0.717) is 64.2 Å². The van der Waals surface area contributed by atoms with Gasteiger partial charge < -0.3 is 33.7 Å². The third-order valence-corrected chi connectivity index (χ3v) is 7.36. The Bertz CT molecular complexity index is 1570. The van der Waals surface area contributed by atoms with Gasteiger partial charge in [0.15, 0.2) is 23.0 Å². The van der Waals surface area contributed by atoms with E-state index in [-0.39, 0.29) is 11.7 Å². The highest BCUT2D eigenvalue weighted by molar-refractivity contribution is 6.00. The number of carbonyl (C=O) groups excluding carboxylic acids is 1. The normalized spacial score (nSPS) is 14.1. The van der Waals surface area contributed by atoms with E-state index in [1.807, 2.05) is 49.4 Å². The second kappa shape index (κ2) is 11.3. The van der Waals surface area contributed by atoms with E-state index in [9.17, 15) is 9.90 Å². The maximum absolute atomic E-state index is 13.9. The molecule has 10 heteroatoms. The number of nitrogens with zero attached hydrogens (tertiary/aromatic N) is 2. The summed E-state index contributed by atoms with van der Waals surface area (Å²) in [6.07, 6.45) is 0.551. The van der Waals surface area contributed by atoms with Crippen LogP contribution in [0, 0.1) is 6.92 Å². The summed E-state index contributed by atoms with van der Waals surface area (Å²) in [6, 6.07) is 14.1. The number of aromatic amines is 1. The smallest absolute Gasteiger partial charge is 0.273 e. The molecule has 2 heterocycles. The summed E-state index contributed by atoms with van der Waals surface area (Å²) >= 11 is 0. The summed E-state index contributed by atoms with van der Waals surface area (Å²) in [7, 11) is 7.83. The zero-order valence-electron chi connectivity index (χ0n) is 23.9. The maximum atomic E-state index is 13.9. The molecule has 0 fully saturated rings. The van der Waals surface area contributed by atoms with Gasteiger partial charge in [-0.2, -0.15) is 5.10 Å². The number of nitrogens with one attached hydrogen (secondary N) is 1. The van der Waals surface area contributed by atoms with Crippen LogP contribution in [0.4, 0.5) is 0 Å². The van der Waals surface area contributed by atoms with E-state index in [0.717, 1.165) is 16.7 Å². The molecule has 0 saturated carbocycles. The van der Waals surface area contributed by atoms with E-state index in [2.05, 4.69) is 10.2 Å². The number of aromatic nitrogens is 2. The molecule has 4 aromatic rings. The molecule has 1 amide bonds. The van der Waals surface area contributed by atoms with Crippen molar-refractivity contribution >= 4 is 5.91 Å². The molecule has 1 unspecified atom stereocenters. The number of phenolic OH excluding ortho intramolecular Hbond substituents is 1.